The summed E-state index contributed by atoms with van der Waals surface area (Å²) in [7, 11) is 0. The zero-order valence-electron chi connectivity index (χ0n) is 10.2. The lowest BCUT2D eigenvalue weighted by Gasteiger charge is -2.12. The molecule has 0 saturated heterocycles. The van der Waals surface area contributed by atoms with Crippen molar-refractivity contribution in [3.63, 3.8) is 0 Å². The Morgan fingerprint density at radius 1 is 1.58 bits per heavy atom. The van der Waals surface area contributed by atoms with E-state index in [1.807, 2.05) is 0 Å². The van der Waals surface area contributed by atoms with Gasteiger partial charge in [0.1, 0.15) is 18.5 Å². The van der Waals surface area contributed by atoms with Gasteiger partial charge in [-0.25, -0.2) is 4.39 Å². The first-order valence-electron chi connectivity index (χ1n) is 5.44. The van der Waals surface area contributed by atoms with E-state index in [4.69, 9.17) is 10.5 Å². The maximum absolute atomic E-state index is 13.0. The monoisotopic (exact) mass is 272 g/mol. The van der Waals surface area contributed by atoms with E-state index in [0.29, 0.717) is 0 Å². The molecule has 1 unspecified atom stereocenters. The molecule has 1 aromatic rings. The fraction of sp³-hybridized carbons (Fsp3) is 0.364. The number of nitrogens with two attached hydrogens (primary N) is 1. The Morgan fingerprint density at radius 3 is 2.84 bits per heavy atom. The van der Waals surface area contributed by atoms with E-state index in [-0.39, 0.29) is 19.0 Å². The minimum absolute atomic E-state index is 0.159. The van der Waals surface area contributed by atoms with Gasteiger partial charge >= 0.3 is 11.7 Å². The molecule has 0 fully saturated rings. The van der Waals surface area contributed by atoms with Gasteiger partial charge in [0.2, 0.25) is 0 Å². The molecule has 0 aliphatic carbocycles. The summed E-state index contributed by atoms with van der Waals surface area (Å²) in [5, 5.41) is 10.7. The van der Waals surface area contributed by atoms with Crippen molar-refractivity contribution < 1.29 is 23.6 Å². The average Bonchev–Trinajstić information content (AvgIpc) is 2.35. The van der Waals surface area contributed by atoms with E-state index in [0.717, 1.165) is 18.2 Å². The van der Waals surface area contributed by atoms with Crippen molar-refractivity contribution in [2.24, 2.45) is 5.73 Å². The highest BCUT2D eigenvalue weighted by atomic mass is 19.1. The Morgan fingerprint density at radius 2 is 2.26 bits per heavy atom. The predicted molar refractivity (Wildman–Crippen MR) is 63.2 cm³/mol. The minimum atomic E-state index is -1.09. The van der Waals surface area contributed by atoms with Crippen LogP contribution in [-0.4, -0.2) is 30.1 Å². The highest BCUT2D eigenvalue weighted by Gasteiger charge is 2.20. The lowest BCUT2D eigenvalue weighted by molar-refractivity contribution is -0.385. The van der Waals surface area contributed by atoms with Crippen LogP contribution in [0.3, 0.4) is 0 Å². The molecular formula is C11H13FN2O5. The van der Waals surface area contributed by atoms with E-state index in [9.17, 15) is 19.3 Å². The third kappa shape index (κ3) is 4.18. The first kappa shape index (κ1) is 14.8. The molecule has 1 atom stereocenters. The zero-order valence-corrected chi connectivity index (χ0v) is 10.2. The quantitative estimate of drug-likeness (QED) is 0.470. The van der Waals surface area contributed by atoms with Crippen LogP contribution in [0.2, 0.25) is 0 Å². The number of rotatable bonds is 6. The van der Waals surface area contributed by atoms with Crippen molar-refractivity contribution in [2.45, 2.75) is 13.0 Å². The standard InChI is InChI=1S/C11H13FN2O5/c1-2-18-11(15)8(13)6-19-10-5-7(12)3-4-9(10)14(16)17/h3-5,8H,2,6,13H2,1H3. The van der Waals surface area contributed by atoms with Crippen LogP contribution in [-0.2, 0) is 9.53 Å². The fourth-order valence-electron chi connectivity index (χ4n) is 1.25. The molecule has 0 bridgehead atoms. The maximum atomic E-state index is 13.0. The first-order valence-corrected chi connectivity index (χ1v) is 5.44. The highest BCUT2D eigenvalue weighted by Crippen LogP contribution is 2.27. The number of hydrogen-bond acceptors (Lipinski definition) is 6. The summed E-state index contributed by atoms with van der Waals surface area (Å²) >= 11 is 0. The maximum Gasteiger partial charge on any atom is 0.326 e. The molecule has 0 radical (unpaired) electrons. The summed E-state index contributed by atoms with van der Waals surface area (Å²) in [5.41, 5.74) is 5.05. The zero-order chi connectivity index (χ0) is 14.4. The molecular weight excluding hydrogens is 259 g/mol. The van der Waals surface area contributed by atoms with Gasteiger partial charge in [-0.3, -0.25) is 14.9 Å². The van der Waals surface area contributed by atoms with Gasteiger partial charge in [0.05, 0.1) is 11.5 Å². The van der Waals surface area contributed by atoms with Crippen molar-refractivity contribution in [1.82, 2.24) is 0 Å². The van der Waals surface area contributed by atoms with Gasteiger partial charge in [0.25, 0.3) is 0 Å². The van der Waals surface area contributed by atoms with Crippen LogP contribution in [0.1, 0.15) is 6.92 Å². The van der Waals surface area contributed by atoms with Gasteiger partial charge < -0.3 is 15.2 Å². The molecule has 1 aromatic carbocycles. The summed E-state index contributed by atoms with van der Waals surface area (Å²) in [6, 6.07) is 1.68. The Balaban J connectivity index is 2.74. The van der Waals surface area contributed by atoms with Gasteiger partial charge in [-0.05, 0) is 13.0 Å². The lowest BCUT2D eigenvalue weighted by atomic mass is 10.3. The Hall–Kier alpha value is -2.22. The number of nitro benzene ring substituents is 1. The Labute approximate surface area is 108 Å². The van der Waals surface area contributed by atoms with Crippen molar-refractivity contribution in [3.05, 3.63) is 34.1 Å². The molecule has 1 rings (SSSR count). The summed E-state index contributed by atoms with van der Waals surface area (Å²) in [6.07, 6.45) is 0. The normalized spacial score (nSPS) is 11.7. The van der Waals surface area contributed by atoms with E-state index < -0.39 is 28.4 Å². The summed E-state index contributed by atoms with van der Waals surface area (Å²) in [5.74, 6) is -1.67. The summed E-state index contributed by atoms with van der Waals surface area (Å²) in [4.78, 5) is 21.2. The summed E-state index contributed by atoms with van der Waals surface area (Å²) in [6.45, 7) is 1.43. The smallest absolute Gasteiger partial charge is 0.326 e. The van der Waals surface area contributed by atoms with Gasteiger partial charge in [-0.1, -0.05) is 0 Å². The SMILES string of the molecule is CCOC(=O)C(N)COc1cc(F)ccc1[N+](=O)[O-]. The van der Waals surface area contributed by atoms with Gasteiger partial charge in [0, 0.05) is 12.1 Å². The second-order valence-corrected chi connectivity index (χ2v) is 3.54. The van der Waals surface area contributed by atoms with Crippen LogP contribution >= 0.6 is 0 Å². The van der Waals surface area contributed by atoms with E-state index >= 15 is 0 Å². The van der Waals surface area contributed by atoms with E-state index in [1.54, 1.807) is 6.92 Å². The predicted octanol–water partition coefficient (Wildman–Crippen LogP) is 1.00. The summed E-state index contributed by atoms with van der Waals surface area (Å²) < 4.78 is 22.6. The number of carbonyl (C=O) groups excluding carboxylic acids is 1. The number of benzene rings is 1. The molecule has 0 saturated carbocycles. The molecule has 0 aliphatic heterocycles. The molecule has 0 spiro atoms. The Kier molecular flexibility index (Phi) is 5.19. The number of nitrogens with zero attached hydrogens (tertiary/aromatic N) is 1. The molecule has 0 aliphatic rings. The number of halogens is 1. The van der Waals surface area contributed by atoms with Crippen molar-refractivity contribution >= 4 is 11.7 Å². The second-order valence-electron chi connectivity index (χ2n) is 3.54. The van der Waals surface area contributed by atoms with Crippen LogP contribution in [0.5, 0.6) is 5.75 Å². The third-order valence-corrected chi connectivity index (χ3v) is 2.13. The number of ether oxygens (including phenoxy) is 2. The second kappa shape index (κ2) is 6.64. The number of hydrogen-bond donors (Lipinski definition) is 1. The molecule has 19 heavy (non-hydrogen) atoms. The van der Waals surface area contributed by atoms with E-state index in [2.05, 4.69) is 4.74 Å². The fourth-order valence-corrected chi connectivity index (χ4v) is 1.25. The van der Waals surface area contributed by atoms with Gasteiger partial charge in [-0.15, -0.1) is 0 Å². The van der Waals surface area contributed by atoms with Crippen LogP contribution in [0.4, 0.5) is 10.1 Å². The van der Waals surface area contributed by atoms with Gasteiger partial charge in [-0.2, -0.15) is 0 Å². The number of carbonyl (C=O) groups is 1. The average molecular weight is 272 g/mol. The molecule has 0 heterocycles. The van der Waals surface area contributed by atoms with Crippen molar-refractivity contribution in [2.75, 3.05) is 13.2 Å². The van der Waals surface area contributed by atoms with E-state index in [1.165, 1.54) is 0 Å². The molecule has 7 nitrogen and oxygen atoms in total. The van der Waals surface area contributed by atoms with Crippen molar-refractivity contribution in [3.8, 4) is 5.75 Å². The molecule has 2 N–H and O–H groups in total. The van der Waals surface area contributed by atoms with Crippen molar-refractivity contribution in [1.29, 1.82) is 0 Å². The van der Waals surface area contributed by atoms with Crippen LogP contribution in [0.25, 0.3) is 0 Å². The van der Waals surface area contributed by atoms with Gasteiger partial charge in [0.15, 0.2) is 5.75 Å². The van der Waals surface area contributed by atoms with Crippen LogP contribution in [0, 0.1) is 15.9 Å². The molecule has 0 amide bonds. The Bertz CT molecular complexity index is 480. The molecule has 0 aromatic heterocycles. The third-order valence-electron chi connectivity index (χ3n) is 2.13. The highest BCUT2D eigenvalue weighted by molar-refractivity contribution is 5.75. The number of nitro groups is 1. The first-order chi connectivity index (χ1) is 8.95. The van der Waals surface area contributed by atoms with Crippen LogP contribution < -0.4 is 10.5 Å². The number of esters is 1. The minimum Gasteiger partial charge on any atom is -0.484 e. The largest absolute Gasteiger partial charge is 0.484 e. The molecule has 8 heteroatoms. The van der Waals surface area contributed by atoms with Crippen LogP contribution in [0.15, 0.2) is 18.2 Å². The lowest BCUT2D eigenvalue weighted by Crippen LogP contribution is -2.37. The topological polar surface area (TPSA) is 105 Å². The molecule has 104 valence electrons.